The summed E-state index contributed by atoms with van der Waals surface area (Å²) in [6.07, 6.45) is 9.14. The minimum atomic E-state index is -0.0455. The Kier molecular flexibility index (Phi) is 1.88. The molecule has 0 N–H and O–H groups in total. The Labute approximate surface area is 130 Å². The second-order valence-electron chi connectivity index (χ2n) is 7.74. The van der Waals surface area contributed by atoms with E-state index in [-0.39, 0.29) is 11.1 Å². The highest BCUT2D eigenvalue weighted by atomic mass is 16.2. The summed E-state index contributed by atoms with van der Waals surface area (Å²) in [5, 5.41) is 0. The van der Waals surface area contributed by atoms with Crippen molar-refractivity contribution in [2.75, 3.05) is 18.0 Å². The van der Waals surface area contributed by atoms with Crippen molar-refractivity contribution in [3.05, 3.63) is 42.0 Å². The van der Waals surface area contributed by atoms with E-state index in [9.17, 15) is 4.79 Å². The van der Waals surface area contributed by atoms with E-state index >= 15 is 0 Å². The van der Waals surface area contributed by atoms with Gasteiger partial charge < -0.3 is 0 Å². The van der Waals surface area contributed by atoms with Gasteiger partial charge in [0.1, 0.15) is 5.66 Å². The molecule has 1 aliphatic carbocycles. The molecule has 0 radical (unpaired) electrons. The SMILES string of the molecule is O=C1CC23C=CCN4CC[C@H]5c6ccccc6N1C42C5CC3. The molecule has 4 atom stereocenters. The topological polar surface area (TPSA) is 23.6 Å². The lowest BCUT2D eigenvalue weighted by atomic mass is 9.63. The van der Waals surface area contributed by atoms with E-state index in [0.717, 1.165) is 13.1 Å². The highest BCUT2D eigenvalue weighted by molar-refractivity contribution is 6.01. The lowest BCUT2D eigenvalue weighted by molar-refractivity contribution is -0.119. The number of para-hydroxylation sites is 1. The van der Waals surface area contributed by atoms with Gasteiger partial charge in [0.2, 0.25) is 5.91 Å². The Morgan fingerprint density at radius 3 is 3.05 bits per heavy atom. The standard InChI is InChI=1S/C19H20N2O/c22-17-12-18-8-3-10-20-11-7-13-14-4-1-2-5-16(14)21(17)19(18,20)15(13)6-9-18/h1-5,8,13,15H,6-7,9-12H2/t13-,15?,18?,19?/m0/s1. The molecule has 22 heavy (non-hydrogen) atoms. The molecule has 1 saturated carbocycles. The molecule has 2 saturated heterocycles. The fourth-order valence-corrected chi connectivity index (χ4v) is 6.75. The molecule has 1 aromatic rings. The molecule has 4 heterocycles. The number of fused-ring (bicyclic) bond motifs is 3. The molecular weight excluding hydrogens is 272 g/mol. The predicted molar refractivity (Wildman–Crippen MR) is 84.5 cm³/mol. The van der Waals surface area contributed by atoms with Crippen LogP contribution in [0.1, 0.15) is 37.2 Å². The number of amides is 1. The number of carbonyl (C=O) groups excluding carboxylic acids is 1. The first-order valence-electron chi connectivity index (χ1n) is 8.63. The van der Waals surface area contributed by atoms with Gasteiger partial charge in [-0.2, -0.15) is 0 Å². The molecule has 1 amide bonds. The maximum Gasteiger partial charge on any atom is 0.229 e. The Balaban J connectivity index is 1.74. The van der Waals surface area contributed by atoms with Gasteiger partial charge in [-0.05, 0) is 36.8 Å². The fraction of sp³-hybridized carbons (Fsp3) is 0.526. The van der Waals surface area contributed by atoms with Crippen LogP contribution in [0.4, 0.5) is 5.69 Å². The summed E-state index contributed by atoms with van der Waals surface area (Å²) < 4.78 is 0. The molecule has 3 fully saturated rings. The number of carbonyl (C=O) groups is 1. The summed E-state index contributed by atoms with van der Waals surface area (Å²) in [5.74, 6) is 1.60. The Morgan fingerprint density at radius 2 is 2.09 bits per heavy atom. The van der Waals surface area contributed by atoms with Gasteiger partial charge in [-0.15, -0.1) is 0 Å². The van der Waals surface area contributed by atoms with Crippen molar-refractivity contribution in [1.82, 2.24) is 4.90 Å². The number of piperidine rings is 1. The van der Waals surface area contributed by atoms with Crippen molar-refractivity contribution in [1.29, 1.82) is 0 Å². The van der Waals surface area contributed by atoms with Crippen LogP contribution in [-0.4, -0.2) is 29.6 Å². The molecule has 3 nitrogen and oxygen atoms in total. The lowest BCUT2D eigenvalue weighted by Gasteiger charge is -2.63. The van der Waals surface area contributed by atoms with Gasteiger partial charge in [-0.3, -0.25) is 14.6 Å². The third-order valence-electron chi connectivity index (χ3n) is 7.23. The average Bonchev–Trinajstić information content (AvgIpc) is 2.99. The summed E-state index contributed by atoms with van der Waals surface area (Å²) in [7, 11) is 0. The zero-order chi connectivity index (χ0) is 14.5. The van der Waals surface area contributed by atoms with E-state index in [1.165, 1.54) is 30.5 Å². The normalized spacial score (nSPS) is 44.2. The number of benzene rings is 1. The van der Waals surface area contributed by atoms with Gasteiger partial charge in [-0.25, -0.2) is 0 Å². The minimum Gasteiger partial charge on any atom is -0.292 e. The van der Waals surface area contributed by atoms with Gasteiger partial charge in [-0.1, -0.05) is 30.4 Å². The zero-order valence-electron chi connectivity index (χ0n) is 12.7. The Morgan fingerprint density at radius 1 is 1.18 bits per heavy atom. The largest absolute Gasteiger partial charge is 0.292 e. The van der Waals surface area contributed by atoms with Gasteiger partial charge in [0.15, 0.2) is 0 Å². The van der Waals surface area contributed by atoms with Gasteiger partial charge in [0.25, 0.3) is 0 Å². The van der Waals surface area contributed by atoms with Gasteiger partial charge in [0.05, 0.1) is 0 Å². The number of hydrogen-bond acceptors (Lipinski definition) is 2. The van der Waals surface area contributed by atoms with Crippen molar-refractivity contribution < 1.29 is 4.79 Å². The summed E-state index contributed by atoms with van der Waals surface area (Å²) in [6.45, 7) is 2.14. The van der Waals surface area contributed by atoms with E-state index in [1.807, 2.05) is 0 Å². The maximum atomic E-state index is 13.1. The molecule has 0 aromatic heterocycles. The fourth-order valence-electron chi connectivity index (χ4n) is 6.75. The van der Waals surface area contributed by atoms with Crippen molar-refractivity contribution in [2.45, 2.75) is 37.3 Å². The molecule has 1 aromatic carbocycles. The van der Waals surface area contributed by atoms with E-state index in [4.69, 9.17) is 0 Å². The van der Waals surface area contributed by atoms with Gasteiger partial charge >= 0.3 is 0 Å². The summed E-state index contributed by atoms with van der Waals surface area (Å²) in [4.78, 5) is 17.9. The highest BCUT2D eigenvalue weighted by Crippen LogP contribution is 2.71. The lowest BCUT2D eigenvalue weighted by Crippen LogP contribution is -2.72. The molecule has 112 valence electrons. The van der Waals surface area contributed by atoms with Crippen LogP contribution < -0.4 is 4.90 Å². The summed E-state index contributed by atoms with van der Waals surface area (Å²) >= 11 is 0. The third kappa shape index (κ3) is 0.978. The molecule has 3 heteroatoms. The first-order valence-corrected chi connectivity index (χ1v) is 8.63. The van der Waals surface area contributed by atoms with Crippen LogP contribution in [-0.2, 0) is 4.79 Å². The second-order valence-corrected chi connectivity index (χ2v) is 7.74. The highest BCUT2D eigenvalue weighted by Gasteiger charge is 2.75. The minimum absolute atomic E-state index is 0.0455. The molecular formula is C19H20N2O. The summed E-state index contributed by atoms with van der Waals surface area (Å²) in [5.41, 5.74) is 2.66. The number of nitrogens with zero attached hydrogens (tertiary/aromatic N) is 2. The molecule has 5 aliphatic rings. The first-order chi connectivity index (χ1) is 10.8. The maximum absolute atomic E-state index is 13.1. The van der Waals surface area contributed by atoms with Crippen LogP contribution in [0.25, 0.3) is 0 Å². The molecule has 4 aliphatic heterocycles. The van der Waals surface area contributed by atoms with E-state index in [2.05, 4.69) is 46.2 Å². The van der Waals surface area contributed by atoms with Crippen LogP contribution in [0.3, 0.4) is 0 Å². The van der Waals surface area contributed by atoms with Crippen LogP contribution in [0.2, 0.25) is 0 Å². The number of hydrogen-bond donors (Lipinski definition) is 0. The van der Waals surface area contributed by atoms with Crippen LogP contribution in [0.15, 0.2) is 36.4 Å². The van der Waals surface area contributed by atoms with E-state index in [0.29, 0.717) is 24.2 Å². The Hall–Kier alpha value is -1.61. The molecule has 2 bridgehead atoms. The predicted octanol–water partition coefficient (Wildman–Crippen LogP) is 2.89. The molecule has 6 rings (SSSR count). The molecule has 3 unspecified atom stereocenters. The first kappa shape index (κ1) is 11.9. The van der Waals surface area contributed by atoms with Gasteiger partial charge in [0, 0.05) is 36.5 Å². The quantitative estimate of drug-likeness (QED) is 0.687. The smallest absolute Gasteiger partial charge is 0.229 e. The average molecular weight is 292 g/mol. The second kappa shape index (κ2) is 3.48. The van der Waals surface area contributed by atoms with Crippen molar-refractivity contribution in [2.24, 2.45) is 11.3 Å². The van der Waals surface area contributed by atoms with Crippen molar-refractivity contribution in [3.8, 4) is 0 Å². The third-order valence-corrected chi connectivity index (χ3v) is 7.23. The zero-order valence-corrected chi connectivity index (χ0v) is 12.7. The van der Waals surface area contributed by atoms with Crippen LogP contribution in [0, 0.1) is 11.3 Å². The molecule has 1 spiro atoms. The number of rotatable bonds is 0. The van der Waals surface area contributed by atoms with Crippen molar-refractivity contribution in [3.63, 3.8) is 0 Å². The number of anilines is 1. The van der Waals surface area contributed by atoms with Crippen LogP contribution >= 0.6 is 0 Å². The Bertz CT molecular complexity index is 741. The van der Waals surface area contributed by atoms with E-state index in [1.54, 1.807) is 0 Å². The van der Waals surface area contributed by atoms with Crippen molar-refractivity contribution >= 4 is 11.6 Å². The van der Waals surface area contributed by atoms with Crippen LogP contribution in [0.5, 0.6) is 0 Å². The monoisotopic (exact) mass is 292 g/mol. The summed E-state index contributed by atoms with van der Waals surface area (Å²) in [6, 6.07) is 8.70. The van der Waals surface area contributed by atoms with E-state index < -0.39 is 0 Å².